The van der Waals surface area contributed by atoms with Crippen molar-refractivity contribution in [3.8, 4) is 0 Å². The molecule has 2 atom stereocenters. The van der Waals surface area contributed by atoms with Crippen molar-refractivity contribution in [2.24, 2.45) is 0 Å². The van der Waals surface area contributed by atoms with E-state index in [0.29, 0.717) is 11.5 Å². The Morgan fingerprint density at radius 3 is 2.48 bits per heavy atom. The molecule has 1 saturated heterocycles. The van der Waals surface area contributed by atoms with E-state index in [-0.39, 0.29) is 11.9 Å². The van der Waals surface area contributed by atoms with E-state index < -0.39 is 0 Å². The molecule has 1 aliphatic rings. The van der Waals surface area contributed by atoms with Crippen molar-refractivity contribution in [1.29, 1.82) is 0 Å². The zero-order chi connectivity index (χ0) is 19.2. The van der Waals surface area contributed by atoms with Gasteiger partial charge in [0.2, 0.25) is 0 Å². The minimum atomic E-state index is 0.116. The second-order valence-corrected chi connectivity index (χ2v) is 7.21. The summed E-state index contributed by atoms with van der Waals surface area (Å²) in [6, 6.07) is 14.8. The number of amides is 1. The van der Waals surface area contributed by atoms with E-state index in [1.165, 1.54) is 5.56 Å². The fraction of sp³-hybridized carbons (Fsp3) is 0.478. The minimum absolute atomic E-state index is 0.116. The van der Waals surface area contributed by atoms with Gasteiger partial charge >= 0.3 is 0 Å². The lowest BCUT2D eigenvalue weighted by Gasteiger charge is -2.32. The summed E-state index contributed by atoms with van der Waals surface area (Å²) >= 11 is 0. The van der Waals surface area contributed by atoms with Crippen molar-refractivity contribution in [1.82, 2.24) is 9.88 Å². The van der Waals surface area contributed by atoms with Gasteiger partial charge in [0.15, 0.2) is 0 Å². The predicted molar refractivity (Wildman–Crippen MR) is 111 cm³/mol. The summed E-state index contributed by atoms with van der Waals surface area (Å²) in [5.41, 5.74) is 2.03. The molecule has 1 fully saturated rings. The Morgan fingerprint density at radius 2 is 1.89 bits per heavy atom. The molecule has 0 aliphatic carbocycles. The van der Waals surface area contributed by atoms with E-state index in [4.69, 9.17) is 0 Å². The molecule has 4 heteroatoms. The van der Waals surface area contributed by atoms with E-state index in [1.54, 1.807) is 6.20 Å². The number of likely N-dealkylation sites (tertiary alicyclic amines) is 1. The van der Waals surface area contributed by atoms with Crippen LogP contribution >= 0.6 is 0 Å². The van der Waals surface area contributed by atoms with E-state index >= 15 is 0 Å². The van der Waals surface area contributed by atoms with Crippen LogP contribution in [0.15, 0.2) is 48.7 Å². The normalized spacial score (nSPS) is 17.7. The third-order valence-electron chi connectivity index (χ3n) is 5.77. The van der Waals surface area contributed by atoms with E-state index in [2.05, 4.69) is 65.9 Å². The second-order valence-electron chi connectivity index (χ2n) is 7.21. The summed E-state index contributed by atoms with van der Waals surface area (Å²) in [7, 11) is 0. The summed E-state index contributed by atoms with van der Waals surface area (Å²) in [6.45, 7) is 9.13. The van der Waals surface area contributed by atoms with Gasteiger partial charge in [-0.1, -0.05) is 37.3 Å². The highest BCUT2D eigenvalue weighted by atomic mass is 16.2. The Morgan fingerprint density at radius 1 is 1.15 bits per heavy atom. The number of hydrogen-bond acceptors (Lipinski definition) is 3. The first-order chi connectivity index (χ1) is 13.2. The molecule has 0 radical (unpaired) electrons. The molecule has 4 nitrogen and oxygen atoms in total. The van der Waals surface area contributed by atoms with Gasteiger partial charge in [-0.3, -0.25) is 4.79 Å². The van der Waals surface area contributed by atoms with E-state index in [1.807, 2.05) is 12.1 Å². The van der Waals surface area contributed by atoms with E-state index in [9.17, 15) is 4.79 Å². The number of carbonyl (C=O) groups excluding carboxylic acids is 1. The van der Waals surface area contributed by atoms with Gasteiger partial charge in [0.1, 0.15) is 5.82 Å². The Labute approximate surface area is 163 Å². The standard InChI is InChI=1S/C23H31N3O/c1-4-20(18-11-8-7-9-12-18)21-13-10-16-26(21)23(27)19-14-15-22(24-17-19)25(5-2)6-3/h7-9,11-12,14-15,17,20-21H,4-6,10,13,16H2,1-3H3/t20-,21+/m0/s1. The molecule has 144 valence electrons. The lowest BCUT2D eigenvalue weighted by molar-refractivity contribution is 0.0714. The quantitative estimate of drug-likeness (QED) is 0.712. The average molecular weight is 366 g/mol. The third kappa shape index (κ3) is 4.15. The highest BCUT2D eigenvalue weighted by Crippen LogP contribution is 2.34. The first kappa shape index (κ1) is 19.4. The topological polar surface area (TPSA) is 36.4 Å². The van der Waals surface area contributed by atoms with Gasteiger partial charge in [0, 0.05) is 37.8 Å². The number of pyridine rings is 1. The molecule has 2 heterocycles. The second kappa shape index (κ2) is 9.03. The fourth-order valence-electron chi connectivity index (χ4n) is 4.31. The number of benzene rings is 1. The number of carbonyl (C=O) groups is 1. The molecule has 0 saturated carbocycles. The van der Waals surface area contributed by atoms with Crippen molar-refractivity contribution < 1.29 is 4.79 Å². The van der Waals surface area contributed by atoms with Gasteiger partial charge < -0.3 is 9.80 Å². The van der Waals surface area contributed by atoms with Gasteiger partial charge in [-0.2, -0.15) is 0 Å². The Kier molecular flexibility index (Phi) is 6.49. The first-order valence-electron chi connectivity index (χ1n) is 10.3. The monoisotopic (exact) mass is 365 g/mol. The molecule has 0 bridgehead atoms. The molecule has 0 unspecified atom stereocenters. The van der Waals surface area contributed by atoms with Crippen LogP contribution in [0.1, 0.15) is 61.9 Å². The van der Waals surface area contributed by atoms with Crippen molar-refractivity contribution >= 4 is 11.7 Å². The smallest absolute Gasteiger partial charge is 0.255 e. The highest BCUT2D eigenvalue weighted by Gasteiger charge is 2.35. The lowest BCUT2D eigenvalue weighted by atomic mass is 9.87. The lowest BCUT2D eigenvalue weighted by Crippen LogP contribution is -2.39. The van der Waals surface area contributed by atoms with Crippen LogP contribution < -0.4 is 4.90 Å². The molecule has 1 aromatic heterocycles. The maximum Gasteiger partial charge on any atom is 0.255 e. The molecule has 0 spiro atoms. The van der Waals surface area contributed by atoms with Crippen LogP contribution in [0.5, 0.6) is 0 Å². The molecule has 3 rings (SSSR count). The number of aromatic nitrogens is 1. The number of hydrogen-bond donors (Lipinski definition) is 0. The van der Waals surface area contributed by atoms with Crippen LogP contribution in [0, 0.1) is 0 Å². The first-order valence-corrected chi connectivity index (χ1v) is 10.3. The third-order valence-corrected chi connectivity index (χ3v) is 5.77. The summed E-state index contributed by atoms with van der Waals surface area (Å²) in [5.74, 6) is 1.44. The molecular formula is C23H31N3O. The van der Waals surface area contributed by atoms with Gasteiger partial charge in [0.05, 0.1) is 5.56 Å². The zero-order valence-corrected chi connectivity index (χ0v) is 16.8. The highest BCUT2D eigenvalue weighted by molar-refractivity contribution is 5.94. The average Bonchev–Trinajstić information content (AvgIpc) is 3.20. The largest absolute Gasteiger partial charge is 0.357 e. The summed E-state index contributed by atoms with van der Waals surface area (Å²) in [6.07, 6.45) is 4.93. The minimum Gasteiger partial charge on any atom is -0.357 e. The van der Waals surface area contributed by atoms with Crippen LogP contribution in [-0.4, -0.2) is 41.5 Å². The van der Waals surface area contributed by atoms with Gasteiger partial charge in [-0.25, -0.2) is 4.98 Å². The Hall–Kier alpha value is -2.36. The van der Waals surface area contributed by atoms with Crippen LogP contribution in [0.4, 0.5) is 5.82 Å². The molecule has 27 heavy (non-hydrogen) atoms. The maximum absolute atomic E-state index is 13.2. The molecule has 1 aromatic carbocycles. The van der Waals surface area contributed by atoms with Crippen LogP contribution in [0.25, 0.3) is 0 Å². The van der Waals surface area contributed by atoms with Crippen LogP contribution in [-0.2, 0) is 0 Å². The fourth-order valence-corrected chi connectivity index (χ4v) is 4.31. The number of rotatable bonds is 7. The van der Waals surface area contributed by atoms with Gasteiger partial charge in [-0.15, -0.1) is 0 Å². The van der Waals surface area contributed by atoms with Gasteiger partial charge in [-0.05, 0) is 50.8 Å². The molecule has 1 amide bonds. The predicted octanol–water partition coefficient (Wildman–Crippen LogP) is 4.73. The number of nitrogens with zero attached hydrogens (tertiary/aromatic N) is 3. The molecule has 2 aromatic rings. The summed E-state index contributed by atoms with van der Waals surface area (Å²) in [4.78, 5) is 22.0. The number of anilines is 1. The molecule has 1 aliphatic heterocycles. The van der Waals surface area contributed by atoms with Crippen molar-refractivity contribution in [3.63, 3.8) is 0 Å². The van der Waals surface area contributed by atoms with Crippen LogP contribution in [0.2, 0.25) is 0 Å². The van der Waals surface area contributed by atoms with Crippen molar-refractivity contribution in [3.05, 3.63) is 59.8 Å². The Bertz CT molecular complexity index is 725. The summed E-state index contributed by atoms with van der Waals surface area (Å²) < 4.78 is 0. The molecule has 0 N–H and O–H groups in total. The van der Waals surface area contributed by atoms with Crippen LogP contribution in [0.3, 0.4) is 0 Å². The SMILES string of the molecule is CC[C@@H](c1ccccc1)[C@H]1CCCN1C(=O)c1ccc(N(CC)CC)nc1. The van der Waals surface area contributed by atoms with Gasteiger partial charge in [0.25, 0.3) is 5.91 Å². The maximum atomic E-state index is 13.2. The summed E-state index contributed by atoms with van der Waals surface area (Å²) in [5, 5.41) is 0. The zero-order valence-electron chi connectivity index (χ0n) is 16.8. The van der Waals surface area contributed by atoms with E-state index in [0.717, 1.165) is 44.7 Å². The Balaban J connectivity index is 1.79. The van der Waals surface area contributed by atoms with Crippen molar-refractivity contribution in [2.75, 3.05) is 24.5 Å². The van der Waals surface area contributed by atoms with Crippen molar-refractivity contribution in [2.45, 2.75) is 52.0 Å². The molecular weight excluding hydrogens is 334 g/mol.